The lowest BCUT2D eigenvalue weighted by Crippen LogP contribution is -2.11. The van der Waals surface area contributed by atoms with Crippen molar-refractivity contribution in [3.63, 3.8) is 0 Å². The summed E-state index contributed by atoms with van der Waals surface area (Å²) in [6, 6.07) is 13.1. The minimum absolute atomic E-state index is 0.392. The molecule has 17 heavy (non-hydrogen) atoms. The summed E-state index contributed by atoms with van der Waals surface area (Å²) < 4.78 is 18.0. The van der Waals surface area contributed by atoms with Gasteiger partial charge in [0.25, 0.3) is 0 Å². The van der Waals surface area contributed by atoms with Crippen molar-refractivity contribution >= 4 is 18.5 Å². The van der Waals surface area contributed by atoms with Gasteiger partial charge in [0.15, 0.2) is 0 Å². The molecular weight excluding hydrogens is 237 g/mol. The third kappa shape index (κ3) is 2.67. The van der Waals surface area contributed by atoms with Gasteiger partial charge in [0.2, 0.25) is 0 Å². The average Bonchev–Trinajstić information content (AvgIpc) is 2.28. The average molecular weight is 251 g/mol. The summed E-state index contributed by atoms with van der Waals surface area (Å²) in [5, 5.41) is 2.04. The Morgan fingerprint density at radius 2 is 1.76 bits per heavy atom. The standard InChI is InChI=1S/C12H14NO3P/c1-13(2)17(14,15)16-12-8-7-10-5-3-4-6-11(10)9-12/h3-9H,1-2H3,(H,14,15). The molecule has 1 N–H and O–H groups in total. The van der Waals surface area contributed by atoms with Crippen molar-refractivity contribution in [2.75, 3.05) is 14.1 Å². The summed E-state index contributed by atoms with van der Waals surface area (Å²) in [7, 11) is -0.727. The highest BCUT2D eigenvalue weighted by Gasteiger charge is 2.24. The molecule has 0 saturated heterocycles. The highest BCUT2D eigenvalue weighted by atomic mass is 31.2. The Kier molecular flexibility index (Phi) is 3.20. The number of nitrogens with zero attached hydrogens (tertiary/aromatic N) is 1. The Morgan fingerprint density at radius 1 is 1.12 bits per heavy atom. The van der Waals surface area contributed by atoms with Crippen LogP contribution in [0.1, 0.15) is 0 Å². The van der Waals surface area contributed by atoms with Gasteiger partial charge in [-0.2, -0.15) is 0 Å². The van der Waals surface area contributed by atoms with Crippen molar-refractivity contribution in [3.05, 3.63) is 42.5 Å². The second-order valence-corrected chi connectivity index (χ2v) is 5.90. The lowest BCUT2D eigenvalue weighted by Gasteiger charge is -2.18. The fraction of sp³-hybridized carbons (Fsp3) is 0.167. The van der Waals surface area contributed by atoms with Crippen LogP contribution >= 0.6 is 7.75 Å². The lowest BCUT2D eigenvalue weighted by atomic mass is 10.1. The smallest absolute Gasteiger partial charge is 0.413 e. The maximum atomic E-state index is 11.7. The van der Waals surface area contributed by atoms with E-state index in [0.29, 0.717) is 5.75 Å². The van der Waals surface area contributed by atoms with Gasteiger partial charge in [-0.1, -0.05) is 30.3 Å². The molecule has 0 fully saturated rings. The number of fused-ring (bicyclic) bond motifs is 1. The molecule has 2 aromatic carbocycles. The molecule has 90 valence electrons. The Bertz CT molecular complexity index is 583. The van der Waals surface area contributed by atoms with Crippen LogP contribution in [-0.2, 0) is 4.57 Å². The Balaban J connectivity index is 2.35. The normalized spacial score (nSPS) is 14.8. The van der Waals surface area contributed by atoms with E-state index in [1.54, 1.807) is 12.1 Å². The molecule has 1 unspecified atom stereocenters. The van der Waals surface area contributed by atoms with Gasteiger partial charge in [0.1, 0.15) is 5.75 Å². The van der Waals surface area contributed by atoms with Gasteiger partial charge < -0.3 is 9.42 Å². The molecule has 2 rings (SSSR count). The zero-order valence-electron chi connectivity index (χ0n) is 9.70. The molecule has 1 atom stereocenters. The van der Waals surface area contributed by atoms with Crippen molar-refractivity contribution in [1.82, 2.24) is 4.67 Å². The van der Waals surface area contributed by atoms with Gasteiger partial charge in [-0.15, -0.1) is 0 Å². The third-order valence-corrected chi connectivity index (χ3v) is 3.91. The van der Waals surface area contributed by atoms with Crippen LogP contribution in [0.4, 0.5) is 0 Å². The number of hydrogen-bond acceptors (Lipinski definition) is 2. The summed E-state index contributed by atoms with van der Waals surface area (Å²) in [5.41, 5.74) is 0. The zero-order valence-corrected chi connectivity index (χ0v) is 10.6. The monoisotopic (exact) mass is 251 g/mol. The highest BCUT2D eigenvalue weighted by molar-refractivity contribution is 7.50. The van der Waals surface area contributed by atoms with E-state index in [-0.39, 0.29) is 0 Å². The van der Waals surface area contributed by atoms with Crippen LogP contribution in [0.25, 0.3) is 10.8 Å². The van der Waals surface area contributed by atoms with Crippen LogP contribution in [0.5, 0.6) is 5.75 Å². The van der Waals surface area contributed by atoms with Crippen LogP contribution in [-0.4, -0.2) is 23.7 Å². The molecule has 0 heterocycles. The van der Waals surface area contributed by atoms with E-state index in [1.807, 2.05) is 30.3 Å². The molecule has 0 aliphatic heterocycles. The van der Waals surface area contributed by atoms with Crippen LogP contribution in [0, 0.1) is 0 Å². The van der Waals surface area contributed by atoms with E-state index >= 15 is 0 Å². The highest BCUT2D eigenvalue weighted by Crippen LogP contribution is 2.44. The quantitative estimate of drug-likeness (QED) is 0.852. The van der Waals surface area contributed by atoms with E-state index in [9.17, 15) is 9.46 Å². The van der Waals surface area contributed by atoms with Crippen molar-refractivity contribution in [2.45, 2.75) is 0 Å². The number of hydrogen-bond donors (Lipinski definition) is 1. The fourth-order valence-electron chi connectivity index (χ4n) is 1.44. The first-order valence-electron chi connectivity index (χ1n) is 5.18. The van der Waals surface area contributed by atoms with E-state index in [0.717, 1.165) is 10.8 Å². The molecule has 0 aliphatic carbocycles. The minimum Gasteiger partial charge on any atom is -0.413 e. The molecule has 0 radical (unpaired) electrons. The van der Waals surface area contributed by atoms with Crippen molar-refractivity contribution in [2.24, 2.45) is 0 Å². The maximum absolute atomic E-state index is 11.7. The lowest BCUT2D eigenvalue weighted by molar-refractivity contribution is 0.318. The predicted octanol–water partition coefficient (Wildman–Crippen LogP) is 2.88. The molecular formula is C12H14NO3P. The summed E-state index contributed by atoms with van der Waals surface area (Å²) in [6.07, 6.45) is 0. The van der Waals surface area contributed by atoms with E-state index < -0.39 is 7.75 Å². The third-order valence-electron chi connectivity index (χ3n) is 2.45. The van der Waals surface area contributed by atoms with Gasteiger partial charge in [-0.3, -0.25) is 0 Å². The zero-order chi connectivity index (χ0) is 12.5. The predicted molar refractivity (Wildman–Crippen MR) is 68.1 cm³/mol. The van der Waals surface area contributed by atoms with Gasteiger partial charge in [0.05, 0.1) is 0 Å². The van der Waals surface area contributed by atoms with Crippen LogP contribution in [0.3, 0.4) is 0 Å². The first kappa shape index (κ1) is 12.1. The van der Waals surface area contributed by atoms with E-state index in [2.05, 4.69) is 0 Å². The SMILES string of the molecule is CN(C)P(=O)(O)Oc1ccc2ccccc2c1. The summed E-state index contributed by atoms with van der Waals surface area (Å²) in [5.74, 6) is 0.392. The second kappa shape index (κ2) is 4.49. The van der Waals surface area contributed by atoms with Gasteiger partial charge >= 0.3 is 7.75 Å². The van der Waals surface area contributed by atoms with Crippen molar-refractivity contribution in [3.8, 4) is 5.75 Å². The molecule has 0 saturated carbocycles. The van der Waals surface area contributed by atoms with Gasteiger partial charge in [-0.05, 0) is 37.0 Å². The summed E-state index contributed by atoms with van der Waals surface area (Å²) >= 11 is 0. The maximum Gasteiger partial charge on any atom is 0.458 e. The number of rotatable bonds is 3. The Hall–Kier alpha value is -1.35. The first-order valence-corrected chi connectivity index (χ1v) is 6.71. The molecule has 0 bridgehead atoms. The van der Waals surface area contributed by atoms with E-state index in [1.165, 1.54) is 18.8 Å². The van der Waals surface area contributed by atoms with E-state index in [4.69, 9.17) is 4.52 Å². The van der Waals surface area contributed by atoms with Crippen molar-refractivity contribution in [1.29, 1.82) is 0 Å². The molecule has 0 aliphatic rings. The van der Waals surface area contributed by atoms with Crippen LogP contribution in [0.15, 0.2) is 42.5 Å². The topological polar surface area (TPSA) is 49.8 Å². The first-order chi connectivity index (χ1) is 7.99. The van der Waals surface area contributed by atoms with Crippen LogP contribution < -0.4 is 4.52 Å². The molecule has 0 aromatic heterocycles. The van der Waals surface area contributed by atoms with Gasteiger partial charge in [-0.25, -0.2) is 9.24 Å². The second-order valence-electron chi connectivity index (χ2n) is 3.94. The van der Waals surface area contributed by atoms with Gasteiger partial charge in [0, 0.05) is 0 Å². The molecule has 0 spiro atoms. The fourth-order valence-corrected chi connectivity index (χ4v) is 1.99. The Morgan fingerprint density at radius 3 is 2.41 bits per heavy atom. The molecule has 4 nitrogen and oxygen atoms in total. The molecule has 0 amide bonds. The molecule has 2 aromatic rings. The van der Waals surface area contributed by atoms with Crippen molar-refractivity contribution < 1.29 is 14.0 Å². The van der Waals surface area contributed by atoms with Crippen LogP contribution in [0.2, 0.25) is 0 Å². The Labute approximate surface area is 100 Å². The number of benzene rings is 2. The largest absolute Gasteiger partial charge is 0.458 e. The summed E-state index contributed by atoms with van der Waals surface area (Å²) in [6.45, 7) is 0. The summed E-state index contributed by atoms with van der Waals surface area (Å²) in [4.78, 5) is 9.58. The minimum atomic E-state index is -3.73. The molecule has 5 heteroatoms.